The van der Waals surface area contributed by atoms with Crippen LogP contribution in [0.5, 0.6) is 0 Å². The van der Waals surface area contributed by atoms with Gasteiger partial charge in [0, 0.05) is 11.1 Å². The van der Waals surface area contributed by atoms with E-state index in [0.717, 1.165) is 33.3 Å². The van der Waals surface area contributed by atoms with Crippen LogP contribution in [-0.4, -0.2) is 5.91 Å². The first-order valence-electron chi connectivity index (χ1n) is 6.92. The van der Waals surface area contributed by atoms with Gasteiger partial charge in [0.2, 0.25) is 0 Å². The van der Waals surface area contributed by atoms with Gasteiger partial charge in [-0.15, -0.1) is 0 Å². The molecule has 0 spiro atoms. The quantitative estimate of drug-likeness (QED) is 0.744. The average Bonchev–Trinajstić information content (AvgIpc) is 2.87. The van der Waals surface area contributed by atoms with E-state index in [4.69, 9.17) is 4.42 Å². The first kappa shape index (κ1) is 13.4. The van der Waals surface area contributed by atoms with Crippen molar-refractivity contribution in [2.45, 2.75) is 20.8 Å². The zero-order valence-electron chi connectivity index (χ0n) is 12.4. The fourth-order valence-electron chi connectivity index (χ4n) is 2.32. The third kappa shape index (κ3) is 2.55. The number of amides is 1. The molecule has 0 atom stereocenters. The second kappa shape index (κ2) is 5.09. The Labute approximate surface area is 123 Å². The van der Waals surface area contributed by atoms with Crippen molar-refractivity contribution in [1.29, 1.82) is 0 Å². The molecular weight excluding hydrogens is 262 g/mol. The molecule has 1 amide bonds. The summed E-state index contributed by atoms with van der Waals surface area (Å²) in [6.07, 6.45) is 0. The molecule has 0 unspecified atom stereocenters. The number of carbonyl (C=O) groups is 1. The lowest BCUT2D eigenvalue weighted by atomic mass is 10.1. The fourth-order valence-corrected chi connectivity index (χ4v) is 2.32. The van der Waals surface area contributed by atoms with Gasteiger partial charge in [-0.25, -0.2) is 0 Å². The van der Waals surface area contributed by atoms with Crippen molar-refractivity contribution in [2.75, 3.05) is 5.32 Å². The first-order valence-corrected chi connectivity index (χ1v) is 6.92. The molecule has 0 saturated heterocycles. The smallest absolute Gasteiger partial charge is 0.291 e. The highest BCUT2D eigenvalue weighted by Gasteiger charge is 2.13. The van der Waals surface area contributed by atoms with Crippen molar-refractivity contribution < 1.29 is 9.21 Å². The van der Waals surface area contributed by atoms with E-state index in [9.17, 15) is 4.79 Å². The number of rotatable bonds is 2. The minimum Gasteiger partial charge on any atom is -0.451 e. The maximum Gasteiger partial charge on any atom is 0.291 e. The molecule has 0 bridgehead atoms. The van der Waals surface area contributed by atoms with Gasteiger partial charge in [0.15, 0.2) is 5.76 Å². The molecule has 1 aromatic heterocycles. The molecule has 21 heavy (non-hydrogen) atoms. The Morgan fingerprint density at radius 1 is 1.05 bits per heavy atom. The van der Waals surface area contributed by atoms with Crippen LogP contribution in [-0.2, 0) is 0 Å². The number of nitrogens with one attached hydrogen (secondary N) is 1. The van der Waals surface area contributed by atoms with Crippen molar-refractivity contribution in [2.24, 2.45) is 0 Å². The summed E-state index contributed by atoms with van der Waals surface area (Å²) >= 11 is 0. The Bertz CT molecular complexity index is 830. The molecule has 0 aliphatic rings. The summed E-state index contributed by atoms with van der Waals surface area (Å²) in [5, 5.41) is 3.85. The molecule has 2 aromatic carbocycles. The summed E-state index contributed by atoms with van der Waals surface area (Å²) in [5.41, 5.74) is 4.88. The summed E-state index contributed by atoms with van der Waals surface area (Å²) < 4.78 is 5.64. The van der Waals surface area contributed by atoms with Crippen LogP contribution in [0.2, 0.25) is 0 Å². The predicted molar refractivity (Wildman–Crippen MR) is 84.8 cm³/mol. The standard InChI is InChI=1S/C18H17NO2/c1-11-7-8-14-10-17(21-16(14)9-11)18(20)19-15-6-4-5-12(2)13(15)3/h4-10H,1-3H3,(H,19,20). The Hall–Kier alpha value is -2.55. The van der Waals surface area contributed by atoms with E-state index in [0.29, 0.717) is 5.76 Å². The molecule has 3 rings (SSSR count). The van der Waals surface area contributed by atoms with E-state index in [1.54, 1.807) is 6.07 Å². The number of furan rings is 1. The largest absolute Gasteiger partial charge is 0.451 e. The lowest BCUT2D eigenvalue weighted by Crippen LogP contribution is -2.12. The van der Waals surface area contributed by atoms with E-state index in [-0.39, 0.29) is 5.91 Å². The second-order valence-electron chi connectivity index (χ2n) is 5.35. The highest BCUT2D eigenvalue weighted by Crippen LogP contribution is 2.23. The van der Waals surface area contributed by atoms with Crippen molar-refractivity contribution in [3.8, 4) is 0 Å². The Balaban J connectivity index is 1.91. The van der Waals surface area contributed by atoms with Gasteiger partial charge in [0.1, 0.15) is 5.58 Å². The highest BCUT2D eigenvalue weighted by atomic mass is 16.3. The van der Waals surface area contributed by atoms with Gasteiger partial charge in [-0.1, -0.05) is 24.3 Å². The molecular formula is C18H17NO2. The van der Waals surface area contributed by atoms with Crippen LogP contribution in [0.15, 0.2) is 46.9 Å². The molecule has 106 valence electrons. The van der Waals surface area contributed by atoms with Gasteiger partial charge in [-0.2, -0.15) is 0 Å². The molecule has 0 saturated carbocycles. The predicted octanol–water partition coefficient (Wildman–Crippen LogP) is 4.61. The van der Waals surface area contributed by atoms with Gasteiger partial charge >= 0.3 is 0 Å². The highest BCUT2D eigenvalue weighted by molar-refractivity contribution is 6.05. The van der Waals surface area contributed by atoms with Crippen LogP contribution >= 0.6 is 0 Å². The number of carbonyl (C=O) groups excluding carboxylic acids is 1. The zero-order chi connectivity index (χ0) is 15.0. The number of aryl methyl sites for hydroxylation is 2. The summed E-state index contributed by atoms with van der Waals surface area (Å²) in [6, 6.07) is 13.5. The van der Waals surface area contributed by atoms with Crippen molar-refractivity contribution in [3.63, 3.8) is 0 Å². The topological polar surface area (TPSA) is 42.2 Å². The van der Waals surface area contributed by atoms with Crippen LogP contribution < -0.4 is 5.32 Å². The number of anilines is 1. The fraction of sp³-hybridized carbons (Fsp3) is 0.167. The first-order chi connectivity index (χ1) is 10.0. The molecule has 0 fully saturated rings. The van der Waals surface area contributed by atoms with Gasteiger partial charge in [-0.05, 0) is 55.7 Å². The van der Waals surface area contributed by atoms with Gasteiger partial charge in [-0.3, -0.25) is 4.79 Å². The second-order valence-corrected chi connectivity index (χ2v) is 5.35. The third-order valence-corrected chi connectivity index (χ3v) is 3.75. The van der Waals surface area contributed by atoms with Crippen LogP contribution in [0.25, 0.3) is 11.0 Å². The maximum absolute atomic E-state index is 12.3. The lowest BCUT2D eigenvalue weighted by molar-refractivity contribution is 0.0998. The molecule has 3 nitrogen and oxygen atoms in total. The number of hydrogen-bond donors (Lipinski definition) is 1. The van der Waals surface area contributed by atoms with Crippen LogP contribution in [0.4, 0.5) is 5.69 Å². The molecule has 0 aliphatic carbocycles. The summed E-state index contributed by atoms with van der Waals surface area (Å²) in [4.78, 5) is 12.3. The summed E-state index contributed by atoms with van der Waals surface area (Å²) in [6.45, 7) is 6.01. The zero-order valence-corrected chi connectivity index (χ0v) is 12.4. The van der Waals surface area contributed by atoms with Gasteiger partial charge in [0.25, 0.3) is 5.91 Å². The number of benzene rings is 2. The molecule has 3 aromatic rings. The van der Waals surface area contributed by atoms with Crippen molar-refractivity contribution >= 4 is 22.6 Å². The van der Waals surface area contributed by atoms with Crippen LogP contribution in [0, 0.1) is 20.8 Å². The Morgan fingerprint density at radius 3 is 2.67 bits per heavy atom. The van der Waals surface area contributed by atoms with Crippen molar-refractivity contribution in [1.82, 2.24) is 0 Å². The van der Waals surface area contributed by atoms with E-state index in [1.165, 1.54) is 0 Å². The van der Waals surface area contributed by atoms with E-state index >= 15 is 0 Å². The van der Waals surface area contributed by atoms with Crippen molar-refractivity contribution in [3.05, 3.63) is 64.9 Å². The normalized spacial score (nSPS) is 10.8. The van der Waals surface area contributed by atoms with E-state index < -0.39 is 0 Å². The SMILES string of the molecule is Cc1ccc2cc(C(=O)Nc3cccc(C)c3C)oc2c1. The minimum absolute atomic E-state index is 0.224. The van der Waals surface area contributed by atoms with Gasteiger partial charge < -0.3 is 9.73 Å². The Morgan fingerprint density at radius 2 is 1.86 bits per heavy atom. The molecule has 0 radical (unpaired) electrons. The van der Waals surface area contributed by atoms with Gasteiger partial charge in [0.05, 0.1) is 0 Å². The average molecular weight is 279 g/mol. The third-order valence-electron chi connectivity index (χ3n) is 3.75. The maximum atomic E-state index is 12.3. The lowest BCUT2D eigenvalue weighted by Gasteiger charge is -2.08. The van der Waals surface area contributed by atoms with Crippen LogP contribution in [0.3, 0.4) is 0 Å². The molecule has 1 N–H and O–H groups in total. The number of hydrogen-bond acceptors (Lipinski definition) is 2. The van der Waals surface area contributed by atoms with E-state index in [2.05, 4.69) is 5.32 Å². The molecule has 0 aliphatic heterocycles. The van der Waals surface area contributed by atoms with E-state index in [1.807, 2.05) is 57.2 Å². The summed E-state index contributed by atoms with van der Waals surface area (Å²) in [7, 11) is 0. The van der Waals surface area contributed by atoms with Crippen LogP contribution in [0.1, 0.15) is 27.2 Å². The minimum atomic E-state index is -0.224. The number of fused-ring (bicyclic) bond motifs is 1. The Kier molecular flexibility index (Phi) is 3.26. The monoisotopic (exact) mass is 279 g/mol. The molecule has 1 heterocycles. The summed E-state index contributed by atoms with van der Waals surface area (Å²) in [5.74, 6) is 0.106. The molecule has 3 heteroatoms.